The van der Waals surface area contributed by atoms with Gasteiger partial charge in [-0.15, -0.1) is 5.10 Å². The molecule has 0 amide bonds. The molecule has 2 rings (SSSR count). The highest BCUT2D eigenvalue weighted by molar-refractivity contribution is 6.43. The highest BCUT2D eigenvalue weighted by Gasteiger charge is 2.12. The van der Waals surface area contributed by atoms with Crippen molar-refractivity contribution in [1.82, 2.24) is 20.3 Å². The van der Waals surface area contributed by atoms with Crippen molar-refractivity contribution in [2.45, 2.75) is 13.5 Å². The molecule has 4 nitrogen and oxygen atoms in total. The normalized spacial score (nSPS) is 10.9. The number of nitrogens with zero attached hydrogens (tertiary/aromatic N) is 3. The van der Waals surface area contributed by atoms with E-state index in [0.717, 1.165) is 12.2 Å². The van der Waals surface area contributed by atoms with E-state index in [1.807, 2.05) is 6.92 Å². The van der Waals surface area contributed by atoms with Crippen molar-refractivity contribution >= 4 is 34.8 Å². The number of hydrogen-bond donors (Lipinski definition) is 1. The van der Waals surface area contributed by atoms with Crippen LogP contribution in [0.5, 0.6) is 0 Å². The Morgan fingerprint density at radius 3 is 2.61 bits per heavy atom. The van der Waals surface area contributed by atoms with Crippen molar-refractivity contribution in [2.75, 3.05) is 6.54 Å². The second kappa shape index (κ2) is 5.89. The minimum atomic E-state index is 0.416. The Balaban J connectivity index is 2.42. The standard InChI is InChI=1S/C11H11Cl3N4/c1-2-15-5-7-6-16-17-18(7)11-4-9(13)8(12)3-10(11)14/h3-4,6,15H,2,5H2,1H3. The van der Waals surface area contributed by atoms with Gasteiger partial charge in [0, 0.05) is 6.54 Å². The summed E-state index contributed by atoms with van der Waals surface area (Å²) in [5, 5.41) is 12.4. The monoisotopic (exact) mass is 304 g/mol. The molecule has 2 aromatic rings. The lowest BCUT2D eigenvalue weighted by Gasteiger charge is -2.09. The molecule has 1 N–H and O–H groups in total. The molecule has 96 valence electrons. The van der Waals surface area contributed by atoms with Gasteiger partial charge < -0.3 is 5.32 Å². The van der Waals surface area contributed by atoms with Gasteiger partial charge in [0.25, 0.3) is 0 Å². The number of aromatic nitrogens is 3. The van der Waals surface area contributed by atoms with Crippen LogP contribution in [0.15, 0.2) is 18.3 Å². The van der Waals surface area contributed by atoms with E-state index < -0.39 is 0 Å². The Hall–Kier alpha value is -0.810. The first kappa shape index (κ1) is 13.6. The Labute approximate surface area is 120 Å². The average molecular weight is 306 g/mol. The molecule has 0 saturated heterocycles. The van der Waals surface area contributed by atoms with Crippen LogP contribution < -0.4 is 5.32 Å². The first-order chi connectivity index (χ1) is 8.63. The van der Waals surface area contributed by atoms with Crippen LogP contribution in [-0.2, 0) is 6.54 Å². The van der Waals surface area contributed by atoms with E-state index in [-0.39, 0.29) is 0 Å². The summed E-state index contributed by atoms with van der Waals surface area (Å²) in [6.45, 7) is 3.54. The third-order valence-corrected chi connectivity index (χ3v) is 3.42. The Bertz CT molecular complexity index is 553. The molecule has 0 aliphatic heterocycles. The van der Waals surface area contributed by atoms with E-state index in [0.29, 0.717) is 27.3 Å². The molecule has 0 unspecified atom stereocenters. The number of halogens is 3. The third-order valence-electron chi connectivity index (χ3n) is 2.39. The summed E-state index contributed by atoms with van der Waals surface area (Å²) < 4.78 is 1.65. The minimum absolute atomic E-state index is 0.416. The lowest BCUT2D eigenvalue weighted by Crippen LogP contribution is -2.15. The summed E-state index contributed by atoms with van der Waals surface area (Å²) in [6, 6.07) is 3.27. The number of hydrogen-bond acceptors (Lipinski definition) is 3. The largest absolute Gasteiger partial charge is 0.311 e. The fourth-order valence-electron chi connectivity index (χ4n) is 1.51. The molecular weight excluding hydrogens is 295 g/mol. The molecule has 1 heterocycles. The van der Waals surface area contributed by atoms with E-state index in [9.17, 15) is 0 Å². The van der Waals surface area contributed by atoms with Crippen LogP contribution in [0.2, 0.25) is 15.1 Å². The molecule has 0 fully saturated rings. The fraction of sp³-hybridized carbons (Fsp3) is 0.273. The van der Waals surface area contributed by atoms with Crippen molar-refractivity contribution < 1.29 is 0 Å². The summed E-state index contributed by atoms with van der Waals surface area (Å²) in [5.74, 6) is 0. The fourth-order valence-corrected chi connectivity index (χ4v) is 2.13. The summed E-state index contributed by atoms with van der Waals surface area (Å²) >= 11 is 18.0. The predicted octanol–water partition coefficient (Wildman–Crippen LogP) is 3.34. The highest BCUT2D eigenvalue weighted by Crippen LogP contribution is 2.31. The van der Waals surface area contributed by atoms with Crippen molar-refractivity contribution in [3.05, 3.63) is 39.1 Å². The second-order valence-electron chi connectivity index (χ2n) is 3.64. The Kier molecular flexibility index (Phi) is 4.45. The number of nitrogens with one attached hydrogen (secondary N) is 1. The van der Waals surface area contributed by atoms with E-state index in [2.05, 4.69) is 15.6 Å². The molecule has 0 aliphatic rings. The van der Waals surface area contributed by atoms with Crippen LogP contribution >= 0.6 is 34.8 Å². The molecule has 0 aliphatic carbocycles. The van der Waals surface area contributed by atoms with Crippen LogP contribution in [-0.4, -0.2) is 21.5 Å². The van der Waals surface area contributed by atoms with Crippen molar-refractivity contribution in [3.8, 4) is 5.69 Å². The lowest BCUT2D eigenvalue weighted by atomic mass is 10.3. The quantitative estimate of drug-likeness (QED) is 0.881. The second-order valence-corrected chi connectivity index (χ2v) is 4.86. The van der Waals surface area contributed by atoms with Crippen molar-refractivity contribution in [2.24, 2.45) is 0 Å². The molecule has 1 aromatic heterocycles. The van der Waals surface area contributed by atoms with E-state index in [1.54, 1.807) is 23.0 Å². The van der Waals surface area contributed by atoms with Gasteiger partial charge in [-0.3, -0.25) is 0 Å². The van der Waals surface area contributed by atoms with Crippen molar-refractivity contribution in [1.29, 1.82) is 0 Å². The zero-order chi connectivity index (χ0) is 13.1. The summed E-state index contributed by atoms with van der Waals surface area (Å²) in [6.07, 6.45) is 1.68. The number of benzene rings is 1. The molecule has 7 heteroatoms. The van der Waals surface area contributed by atoms with Gasteiger partial charge in [0.15, 0.2) is 0 Å². The molecular formula is C11H11Cl3N4. The van der Waals surface area contributed by atoms with Gasteiger partial charge in [0.05, 0.1) is 32.6 Å². The van der Waals surface area contributed by atoms with Gasteiger partial charge in [-0.2, -0.15) is 0 Å². The SMILES string of the molecule is CCNCc1cnnn1-c1cc(Cl)c(Cl)cc1Cl. The van der Waals surface area contributed by atoms with Gasteiger partial charge >= 0.3 is 0 Å². The zero-order valence-corrected chi connectivity index (χ0v) is 11.9. The van der Waals surface area contributed by atoms with Crippen LogP contribution in [0.1, 0.15) is 12.6 Å². The molecule has 1 aromatic carbocycles. The van der Waals surface area contributed by atoms with Crippen LogP contribution in [0.25, 0.3) is 5.69 Å². The highest BCUT2D eigenvalue weighted by atomic mass is 35.5. The van der Waals surface area contributed by atoms with E-state index in [1.165, 1.54) is 0 Å². The van der Waals surface area contributed by atoms with Gasteiger partial charge in [-0.05, 0) is 18.7 Å². The van der Waals surface area contributed by atoms with Crippen LogP contribution in [0.3, 0.4) is 0 Å². The molecule has 18 heavy (non-hydrogen) atoms. The van der Waals surface area contributed by atoms with Gasteiger partial charge in [-0.1, -0.05) is 46.9 Å². The maximum atomic E-state index is 6.15. The molecule has 0 saturated carbocycles. The Morgan fingerprint density at radius 2 is 1.89 bits per heavy atom. The molecule has 0 atom stereocenters. The van der Waals surface area contributed by atoms with Crippen LogP contribution in [0.4, 0.5) is 0 Å². The third kappa shape index (κ3) is 2.78. The molecule has 0 radical (unpaired) electrons. The maximum Gasteiger partial charge on any atom is 0.0869 e. The molecule has 0 spiro atoms. The predicted molar refractivity (Wildman–Crippen MR) is 73.8 cm³/mol. The maximum absolute atomic E-state index is 6.15. The average Bonchev–Trinajstić information content (AvgIpc) is 2.79. The summed E-state index contributed by atoms with van der Waals surface area (Å²) in [7, 11) is 0. The van der Waals surface area contributed by atoms with Crippen LogP contribution in [0, 0.1) is 0 Å². The first-order valence-electron chi connectivity index (χ1n) is 5.38. The van der Waals surface area contributed by atoms with Gasteiger partial charge in [0.2, 0.25) is 0 Å². The molecule has 0 bridgehead atoms. The smallest absolute Gasteiger partial charge is 0.0869 e. The minimum Gasteiger partial charge on any atom is -0.311 e. The van der Waals surface area contributed by atoms with E-state index in [4.69, 9.17) is 34.8 Å². The Morgan fingerprint density at radius 1 is 1.17 bits per heavy atom. The van der Waals surface area contributed by atoms with Crippen molar-refractivity contribution in [3.63, 3.8) is 0 Å². The zero-order valence-electron chi connectivity index (χ0n) is 9.62. The number of rotatable bonds is 4. The van der Waals surface area contributed by atoms with Gasteiger partial charge in [-0.25, -0.2) is 4.68 Å². The van der Waals surface area contributed by atoms with Gasteiger partial charge in [0.1, 0.15) is 0 Å². The van der Waals surface area contributed by atoms with E-state index >= 15 is 0 Å². The summed E-state index contributed by atoms with van der Waals surface area (Å²) in [5.41, 5.74) is 1.56. The first-order valence-corrected chi connectivity index (χ1v) is 6.52. The lowest BCUT2D eigenvalue weighted by molar-refractivity contribution is 0.672. The topological polar surface area (TPSA) is 42.7 Å². The summed E-state index contributed by atoms with van der Waals surface area (Å²) in [4.78, 5) is 0.